The molecule has 35 heavy (non-hydrogen) atoms. The van der Waals surface area contributed by atoms with Crippen LogP contribution in [0.15, 0.2) is 0 Å². The molecule has 11 heteroatoms. The van der Waals surface area contributed by atoms with Crippen molar-refractivity contribution in [2.75, 3.05) is 0 Å². The number of hydrogen-bond acceptors (Lipinski definition) is 3. The minimum atomic E-state index is -3.81. The SMILES string of the molecule is CCCCCCCCCCCC.CCCCCCCCCCCC.N.OP(O)(O)=S.OP(O)(O)=S. The topological polar surface area (TPSA) is 156 Å². The van der Waals surface area contributed by atoms with Crippen molar-refractivity contribution < 1.29 is 29.4 Å². The van der Waals surface area contributed by atoms with Gasteiger partial charge in [-0.05, 0) is 23.6 Å². The number of rotatable bonds is 18. The van der Waals surface area contributed by atoms with Gasteiger partial charge in [0, 0.05) is 0 Å². The maximum absolute atomic E-state index is 7.56. The number of unbranched alkanes of at least 4 members (excludes halogenated alkanes) is 18. The fraction of sp³-hybridized carbons (Fsp3) is 1.00. The van der Waals surface area contributed by atoms with Crippen LogP contribution in [0.5, 0.6) is 0 Å². The Hall–Kier alpha value is 1.02. The first-order chi connectivity index (χ1) is 15.8. The molecule has 0 aromatic heterocycles. The second-order valence-electron chi connectivity index (χ2n) is 8.68. The van der Waals surface area contributed by atoms with Crippen LogP contribution in [0.4, 0.5) is 0 Å². The van der Waals surface area contributed by atoms with E-state index in [2.05, 4.69) is 51.3 Å². The van der Waals surface area contributed by atoms with Crippen molar-refractivity contribution in [3.8, 4) is 0 Å². The minimum Gasteiger partial charge on any atom is -0.344 e. The number of hydrogen-bond donors (Lipinski definition) is 7. The Morgan fingerprint density at radius 2 is 0.429 bits per heavy atom. The summed E-state index contributed by atoms with van der Waals surface area (Å²) in [6.45, 7) is 1.50. The first-order valence-electron chi connectivity index (χ1n) is 13.4. The molecule has 0 spiro atoms. The third-order valence-electron chi connectivity index (χ3n) is 4.91. The molecule has 0 aliphatic rings. The van der Waals surface area contributed by atoms with E-state index >= 15 is 0 Å². The molecular weight excluding hydrogens is 524 g/mol. The summed E-state index contributed by atoms with van der Waals surface area (Å²) in [7, 11) is 0. The predicted molar refractivity (Wildman–Crippen MR) is 162 cm³/mol. The monoisotopic (exact) mass is 585 g/mol. The van der Waals surface area contributed by atoms with Gasteiger partial charge in [-0.25, -0.2) is 0 Å². The van der Waals surface area contributed by atoms with Crippen molar-refractivity contribution in [3.63, 3.8) is 0 Å². The van der Waals surface area contributed by atoms with Gasteiger partial charge in [0.05, 0.1) is 0 Å². The Kier molecular flexibility index (Phi) is 48.8. The van der Waals surface area contributed by atoms with Crippen LogP contribution in [0.3, 0.4) is 0 Å². The van der Waals surface area contributed by atoms with Gasteiger partial charge in [-0.3, -0.25) is 0 Å². The van der Waals surface area contributed by atoms with E-state index in [1.807, 2.05) is 0 Å². The molecule has 0 bridgehead atoms. The third kappa shape index (κ3) is 106. The summed E-state index contributed by atoms with van der Waals surface area (Å²) in [5, 5.41) is 0. The Morgan fingerprint density at radius 1 is 0.343 bits per heavy atom. The van der Waals surface area contributed by atoms with Crippen molar-refractivity contribution in [3.05, 3.63) is 0 Å². The first-order valence-corrected chi connectivity index (χ1v) is 18.7. The second kappa shape index (κ2) is 37.2. The third-order valence-corrected chi connectivity index (χ3v) is 4.91. The van der Waals surface area contributed by atoms with Crippen molar-refractivity contribution in [1.29, 1.82) is 0 Å². The van der Waals surface area contributed by atoms with Crippen molar-refractivity contribution in [1.82, 2.24) is 6.15 Å². The molecule has 0 unspecified atom stereocenters. The highest BCUT2D eigenvalue weighted by molar-refractivity contribution is 8.06. The molecule has 0 saturated carbocycles. The quantitative estimate of drug-likeness (QED) is 0.0620. The average Bonchev–Trinajstić information content (AvgIpc) is 2.70. The zero-order valence-corrected chi connectivity index (χ0v) is 26.7. The lowest BCUT2D eigenvalue weighted by molar-refractivity contribution is 0.361. The maximum atomic E-state index is 7.56. The Labute approximate surface area is 228 Å². The highest BCUT2D eigenvalue weighted by Gasteiger charge is 1.93. The minimum absolute atomic E-state index is 0. The van der Waals surface area contributed by atoms with Crippen LogP contribution in [0.25, 0.3) is 0 Å². The highest BCUT2D eigenvalue weighted by Crippen LogP contribution is 2.27. The van der Waals surface area contributed by atoms with Gasteiger partial charge in [0.2, 0.25) is 0 Å². The van der Waals surface area contributed by atoms with Crippen LogP contribution >= 0.6 is 13.4 Å². The van der Waals surface area contributed by atoms with Gasteiger partial charge in [0.25, 0.3) is 0 Å². The molecular formula is C24H61NO6P2S2. The molecule has 7 nitrogen and oxygen atoms in total. The van der Waals surface area contributed by atoms with Crippen LogP contribution in [-0.4, -0.2) is 29.4 Å². The summed E-state index contributed by atoms with van der Waals surface area (Å²) >= 11 is 7.21. The zero-order valence-electron chi connectivity index (χ0n) is 23.2. The molecule has 220 valence electrons. The molecule has 0 rings (SSSR count). The maximum Gasteiger partial charge on any atom is 0.319 e. The highest BCUT2D eigenvalue weighted by atomic mass is 32.5. The van der Waals surface area contributed by atoms with E-state index in [4.69, 9.17) is 29.4 Å². The molecule has 0 aliphatic heterocycles. The van der Waals surface area contributed by atoms with E-state index < -0.39 is 13.4 Å². The molecule has 0 atom stereocenters. The lowest BCUT2D eigenvalue weighted by Crippen LogP contribution is -1.80. The first kappa shape index (κ1) is 45.9. The smallest absolute Gasteiger partial charge is 0.319 e. The van der Waals surface area contributed by atoms with E-state index in [9.17, 15) is 0 Å². The summed E-state index contributed by atoms with van der Waals surface area (Å²) < 4.78 is 0. The molecule has 0 amide bonds. The van der Waals surface area contributed by atoms with Crippen LogP contribution in [0, 0.1) is 0 Å². The largest absolute Gasteiger partial charge is 0.344 e. The van der Waals surface area contributed by atoms with Crippen molar-refractivity contribution in [2.45, 2.75) is 156 Å². The van der Waals surface area contributed by atoms with E-state index in [0.717, 1.165) is 0 Å². The standard InChI is InChI=1S/2C12H26.H3N.2H3O3PS/c2*1-3-5-7-9-11-12-10-8-6-4-2;;2*1-4(2,3)5/h2*3-12H2,1-2H3;1H3;2*(H3,1,2,3,5). The second-order valence-corrected chi connectivity index (χ2v) is 13.7. The lowest BCUT2D eigenvalue weighted by Gasteiger charge is -1.99. The Morgan fingerprint density at radius 3 is 0.514 bits per heavy atom. The van der Waals surface area contributed by atoms with E-state index in [0.29, 0.717) is 0 Å². The van der Waals surface area contributed by atoms with Crippen molar-refractivity contribution in [2.24, 2.45) is 0 Å². The van der Waals surface area contributed by atoms with Crippen LogP contribution < -0.4 is 6.15 Å². The van der Waals surface area contributed by atoms with Crippen molar-refractivity contribution >= 4 is 37.1 Å². The molecule has 0 saturated heterocycles. The summed E-state index contributed by atoms with van der Waals surface area (Å²) in [4.78, 5) is 45.3. The van der Waals surface area contributed by atoms with Crippen LogP contribution in [0.2, 0.25) is 0 Å². The van der Waals surface area contributed by atoms with Crippen LogP contribution in [-0.2, 0) is 23.6 Å². The summed E-state index contributed by atoms with van der Waals surface area (Å²) in [6, 6.07) is 0. The predicted octanol–water partition coefficient (Wildman–Crippen LogP) is 8.39. The molecule has 0 radical (unpaired) electrons. The zero-order chi connectivity index (χ0) is 27.1. The molecule has 0 aromatic rings. The fourth-order valence-corrected chi connectivity index (χ4v) is 3.12. The van der Waals surface area contributed by atoms with Gasteiger partial charge < -0.3 is 35.5 Å². The fourth-order valence-electron chi connectivity index (χ4n) is 3.12. The Bertz CT molecular complexity index is 375. The van der Waals surface area contributed by atoms with Gasteiger partial charge in [-0.15, -0.1) is 0 Å². The molecule has 0 aromatic carbocycles. The van der Waals surface area contributed by atoms with Gasteiger partial charge in [-0.2, -0.15) is 0 Å². The normalized spacial score (nSPS) is 10.6. The van der Waals surface area contributed by atoms with Gasteiger partial charge in [0.15, 0.2) is 0 Å². The van der Waals surface area contributed by atoms with E-state index in [1.165, 1.54) is 128 Å². The molecule has 9 N–H and O–H groups in total. The van der Waals surface area contributed by atoms with Gasteiger partial charge >= 0.3 is 13.4 Å². The lowest BCUT2D eigenvalue weighted by atomic mass is 10.1. The van der Waals surface area contributed by atoms with E-state index in [1.54, 1.807) is 0 Å². The Balaban J connectivity index is -0.000000122. The summed E-state index contributed by atoms with van der Waals surface area (Å²) in [5.41, 5.74) is 0. The summed E-state index contributed by atoms with van der Waals surface area (Å²) in [5.74, 6) is 0. The van der Waals surface area contributed by atoms with Crippen LogP contribution in [0.1, 0.15) is 156 Å². The van der Waals surface area contributed by atoms with Gasteiger partial charge in [0.1, 0.15) is 0 Å². The van der Waals surface area contributed by atoms with Gasteiger partial charge in [-0.1, -0.05) is 156 Å². The molecule has 0 heterocycles. The molecule has 0 aliphatic carbocycles. The summed E-state index contributed by atoms with van der Waals surface area (Å²) in [6.07, 6.45) is 28.9. The molecule has 0 fully saturated rings. The van der Waals surface area contributed by atoms with E-state index in [-0.39, 0.29) is 6.15 Å². The average molecular weight is 586 g/mol.